The summed E-state index contributed by atoms with van der Waals surface area (Å²) in [6.45, 7) is 2.04. The third-order valence-corrected chi connectivity index (χ3v) is 3.57. The lowest BCUT2D eigenvalue weighted by molar-refractivity contribution is 0.0296. The molecule has 0 aliphatic rings. The van der Waals surface area contributed by atoms with Crippen LogP contribution in [0.4, 0.5) is 0 Å². The molecule has 0 saturated heterocycles. The molecule has 1 atom stereocenters. The average Bonchev–Trinajstić information content (AvgIpc) is 3.02. The summed E-state index contributed by atoms with van der Waals surface area (Å²) in [6, 6.07) is 4.02. The topological polar surface area (TPSA) is 59.3 Å². The molecule has 0 radical (unpaired) electrons. The first-order chi connectivity index (χ1) is 9.25. The molecule has 2 aromatic rings. The second-order valence-electron chi connectivity index (χ2n) is 4.33. The van der Waals surface area contributed by atoms with Crippen molar-refractivity contribution in [3.05, 3.63) is 40.6 Å². The van der Waals surface area contributed by atoms with Crippen molar-refractivity contribution in [2.24, 2.45) is 7.05 Å². The number of hydrogen-bond donors (Lipinski definition) is 2. The summed E-state index contributed by atoms with van der Waals surface area (Å²) in [7, 11) is 1.95. The van der Waals surface area contributed by atoms with E-state index in [9.17, 15) is 5.11 Å². The molecule has 0 bridgehead atoms. The molecule has 104 valence electrons. The van der Waals surface area contributed by atoms with Crippen molar-refractivity contribution >= 4 is 11.3 Å². The van der Waals surface area contributed by atoms with Crippen LogP contribution in [0, 0.1) is 0 Å². The summed E-state index contributed by atoms with van der Waals surface area (Å²) < 4.78 is 7.40. The molecule has 0 spiro atoms. The highest BCUT2D eigenvalue weighted by Gasteiger charge is 2.05. The third-order valence-electron chi connectivity index (χ3n) is 2.72. The Morgan fingerprint density at radius 2 is 2.47 bits per heavy atom. The molecule has 0 aliphatic heterocycles. The number of thiophene rings is 1. The number of aryl methyl sites for hydroxylation is 1. The van der Waals surface area contributed by atoms with Crippen LogP contribution in [0.2, 0.25) is 0 Å². The van der Waals surface area contributed by atoms with Crippen LogP contribution in [-0.4, -0.2) is 33.9 Å². The SMILES string of the molecule is Cn1ccnc1CNCC(O)COCc1cccs1. The highest BCUT2D eigenvalue weighted by molar-refractivity contribution is 7.09. The van der Waals surface area contributed by atoms with E-state index in [1.807, 2.05) is 35.3 Å². The summed E-state index contributed by atoms with van der Waals surface area (Å²) in [5, 5.41) is 14.9. The monoisotopic (exact) mass is 281 g/mol. The highest BCUT2D eigenvalue weighted by Crippen LogP contribution is 2.09. The fourth-order valence-electron chi connectivity index (χ4n) is 1.67. The van der Waals surface area contributed by atoms with Crippen LogP contribution in [-0.2, 0) is 24.9 Å². The zero-order valence-electron chi connectivity index (χ0n) is 11.0. The van der Waals surface area contributed by atoms with Gasteiger partial charge < -0.3 is 19.7 Å². The summed E-state index contributed by atoms with van der Waals surface area (Å²) >= 11 is 1.66. The van der Waals surface area contributed by atoms with E-state index in [-0.39, 0.29) is 0 Å². The molecule has 1 unspecified atom stereocenters. The van der Waals surface area contributed by atoms with E-state index < -0.39 is 6.10 Å². The number of ether oxygens (including phenoxy) is 1. The molecular formula is C13H19N3O2S. The second-order valence-corrected chi connectivity index (χ2v) is 5.37. The Balaban J connectivity index is 1.57. The number of aliphatic hydroxyl groups excluding tert-OH is 1. The molecule has 0 amide bonds. The number of aliphatic hydroxyl groups is 1. The van der Waals surface area contributed by atoms with Crippen LogP contribution in [0.5, 0.6) is 0 Å². The van der Waals surface area contributed by atoms with Crippen LogP contribution in [0.15, 0.2) is 29.9 Å². The van der Waals surface area contributed by atoms with Crippen LogP contribution in [0.1, 0.15) is 10.7 Å². The van der Waals surface area contributed by atoms with Gasteiger partial charge in [-0.15, -0.1) is 11.3 Å². The first-order valence-corrected chi connectivity index (χ1v) is 7.09. The van der Waals surface area contributed by atoms with E-state index in [4.69, 9.17) is 4.74 Å². The number of rotatable bonds is 8. The normalized spacial score (nSPS) is 12.7. The maximum absolute atomic E-state index is 9.76. The Hall–Kier alpha value is -1.21. The molecule has 5 nitrogen and oxygen atoms in total. The lowest BCUT2D eigenvalue weighted by Gasteiger charge is -2.12. The Kier molecular flexibility index (Phi) is 5.53. The molecule has 2 N–H and O–H groups in total. The molecule has 19 heavy (non-hydrogen) atoms. The van der Waals surface area contributed by atoms with Crippen molar-refractivity contribution in [1.82, 2.24) is 14.9 Å². The maximum Gasteiger partial charge on any atom is 0.122 e. The van der Waals surface area contributed by atoms with Crippen molar-refractivity contribution in [3.8, 4) is 0 Å². The molecule has 2 heterocycles. The molecule has 0 aliphatic carbocycles. The molecule has 2 rings (SSSR count). The van der Waals surface area contributed by atoms with Gasteiger partial charge in [-0.05, 0) is 11.4 Å². The van der Waals surface area contributed by atoms with Crippen molar-refractivity contribution in [2.75, 3.05) is 13.2 Å². The smallest absolute Gasteiger partial charge is 0.122 e. The van der Waals surface area contributed by atoms with E-state index in [1.54, 1.807) is 17.5 Å². The fraction of sp³-hybridized carbons (Fsp3) is 0.462. The van der Waals surface area contributed by atoms with Gasteiger partial charge >= 0.3 is 0 Å². The standard InChI is InChI=1S/C13H19N3O2S/c1-16-5-4-15-13(16)8-14-7-11(17)9-18-10-12-3-2-6-19-12/h2-6,11,14,17H,7-10H2,1H3. The number of hydrogen-bond acceptors (Lipinski definition) is 5. The van der Waals surface area contributed by atoms with Gasteiger partial charge in [0, 0.05) is 30.9 Å². The first kappa shape index (κ1) is 14.2. The van der Waals surface area contributed by atoms with E-state index >= 15 is 0 Å². The van der Waals surface area contributed by atoms with Gasteiger partial charge in [-0.25, -0.2) is 4.98 Å². The summed E-state index contributed by atoms with van der Waals surface area (Å²) in [4.78, 5) is 5.37. The highest BCUT2D eigenvalue weighted by atomic mass is 32.1. The quantitative estimate of drug-likeness (QED) is 0.762. The predicted octanol–water partition coefficient (Wildman–Crippen LogP) is 1.15. The largest absolute Gasteiger partial charge is 0.389 e. The lowest BCUT2D eigenvalue weighted by Crippen LogP contribution is -2.30. The Bertz CT molecular complexity index is 470. The van der Waals surface area contributed by atoms with Gasteiger partial charge in [0.05, 0.1) is 25.9 Å². The van der Waals surface area contributed by atoms with Gasteiger partial charge in [-0.2, -0.15) is 0 Å². The molecule has 0 aromatic carbocycles. The van der Waals surface area contributed by atoms with E-state index in [0.717, 1.165) is 5.82 Å². The van der Waals surface area contributed by atoms with Crippen molar-refractivity contribution in [1.29, 1.82) is 0 Å². The number of nitrogens with zero attached hydrogens (tertiary/aromatic N) is 2. The van der Waals surface area contributed by atoms with Gasteiger partial charge in [0.2, 0.25) is 0 Å². The predicted molar refractivity (Wildman–Crippen MR) is 74.9 cm³/mol. The Morgan fingerprint density at radius 3 is 3.16 bits per heavy atom. The Labute approximate surface area is 116 Å². The summed E-state index contributed by atoms with van der Waals surface area (Å²) in [5.41, 5.74) is 0. The zero-order valence-corrected chi connectivity index (χ0v) is 11.8. The first-order valence-electron chi connectivity index (χ1n) is 6.21. The van der Waals surface area contributed by atoms with Crippen molar-refractivity contribution < 1.29 is 9.84 Å². The summed E-state index contributed by atoms with van der Waals surface area (Å²) in [5.74, 6) is 0.951. The number of imidazole rings is 1. The van der Waals surface area contributed by atoms with Gasteiger partial charge in [0.1, 0.15) is 5.82 Å². The van der Waals surface area contributed by atoms with E-state index in [0.29, 0.717) is 26.3 Å². The van der Waals surface area contributed by atoms with Crippen LogP contribution < -0.4 is 5.32 Å². The molecule has 6 heteroatoms. The fourth-order valence-corrected chi connectivity index (χ4v) is 2.31. The van der Waals surface area contributed by atoms with Gasteiger partial charge in [-0.3, -0.25) is 0 Å². The average molecular weight is 281 g/mol. The van der Waals surface area contributed by atoms with Gasteiger partial charge in [0.15, 0.2) is 0 Å². The van der Waals surface area contributed by atoms with E-state index in [1.165, 1.54) is 4.88 Å². The Morgan fingerprint density at radius 1 is 1.58 bits per heavy atom. The summed E-state index contributed by atoms with van der Waals surface area (Å²) in [6.07, 6.45) is 3.16. The van der Waals surface area contributed by atoms with Crippen molar-refractivity contribution in [3.63, 3.8) is 0 Å². The molecule has 0 saturated carbocycles. The zero-order chi connectivity index (χ0) is 13.5. The minimum Gasteiger partial charge on any atom is -0.389 e. The molecular weight excluding hydrogens is 262 g/mol. The van der Waals surface area contributed by atoms with Crippen LogP contribution in [0.3, 0.4) is 0 Å². The van der Waals surface area contributed by atoms with Crippen molar-refractivity contribution in [2.45, 2.75) is 19.3 Å². The van der Waals surface area contributed by atoms with Gasteiger partial charge in [0.25, 0.3) is 0 Å². The minimum atomic E-state index is -0.500. The maximum atomic E-state index is 9.76. The third kappa shape index (κ3) is 4.76. The van der Waals surface area contributed by atoms with E-state index in [2.05, 4.69) is 10.3 Å². The van der Waals surface area contributed by atoms with Crippen LogP contribution in [0.25, 0.3) is 0 Å². The van der Waals surface area contributed by atoms with Crippen LogP contribution >= 0.6 is 11.3 Å². The second kappa shape index (κ2) is 7.40. The van der Waals surface area contributed by atoms with Gasteiger partial charge in [-0.1, -0.05) is 6.07 Å². The number of nitrogens with one attached hydrogen (secondary N) is 1. The minimum absolute atomic E-state index is 0.339. The number of aromatic nitrogens is 2. The molecule has 2 aromatic heterocycles. The molecule has 0 fully saturated rings. The lowest BCUT2D eigenvalue weighted by atomic mass is 10.3.